The molecule has 0 saturated carbocycles. The minimum absolute atomic E-state index is 0.0775. The molecule has 0 radical (unpaired) electrons. The highest BCUT2D eigenvalue weighted by Gasteiger charge is 2.25. The fourth-order valence-corrected chi connectivity index (χ4v) is 1.26. The van der Waals surface area contributed by atoms with Crippen molar-refractivity contribution >= 4 is 12.1 Å². The van der Waals surface area contributed by atoms with Crippen LogP contribution in [0.1, 0.15) is 32.5 Å². The number of carboxylic acid groups (broad SMARTS) is 1. The van der Waals surface area contributed by atoms with Crippen molar-refractivity contribution in [1.82, 2.24) is 15.5 Å². The number of amides is 1. The molecular formula is C11H17N3O5. The number of nitrogens with zero attached hydrogens (tertiary/aromatic N) is 2. The maximum Gasteiger partial charge on any atom is 0.408 e. The Kier molecular flexibility index (Phi) is 4.47. The van der Waals surface area contributed by atoms with E-state index in [1.807, 2.05) is 0 Å². The first-order chi connectivity index (χ1) is 8.67. The summed E-state index contributed by atoms with van der Waals surface area (Å²) < 4.78 is 9.72. The van der Waals surface area contributed by atoms with Crippen molar-refractivity contribution in [1.29, 1.82) is 0 Å². The Morgan fingerprint density at radius 3 is 2.53 bits per heavy atom. The average Bonchev–Trinajstić information content (AvgIpc) is 2.60. The molecule has 0 bridgehead atoms. The van der Waals surface area contributed by atoms with Gasteiger partial charge in [-0.25, -0.2) is 9.59 Å². The largest absolute Gasteiger partial charge is 0.480 e. The molecule has 8 nitrogen and oxygen atoms in total. The molecule has 8 heteroatoms. The lowest BCUT2D eigenvalue weighted by atomic mass is 10.2. The van der Waals surface area contributed by atoms with E-state index in [1.54, 1.807) is 27.7 Å². The number of hydrogen-bond acceptors (Lipinski definition) is 6. The second-order valence-electron chi connectivity index (χ2n) is 4.97. The van der Waals surface area contributed by atoms with E-state index in [4.69, 9.17) is 14.4 Å². The van der Waals surface area contributed by atoms with Gasteiger partial charge in [0, 0.05) is 13.3 Å². The molecule has 0 saturated heterocycles. The number of ether oxygens (including phenoxy) is 1. The lowest BCUT2D eigenvalue weighted by Gasteiger charge is -2.21. The molecule has 1 atom stereocenters. The molecule has 2 N–H and O–H groups in total. The molecule has 1 amide bonds. The smallest absolute Gasteiger partial charge is 0.408 e. The van der Waals surface area contributed by atoms with Gasteiger partial charge in [-0.05, 0) is 20.8 Å². The van der Waals surface area contributed by atoms with E-state index in [-0.39, 0.29) is 12.2 Å². The third-order valence-corrected chi connectivity index (χ3v) is 1.95. The predicted molar refractivity (Wildman–Crippen MR) is 63.5 cm³/mol. The highest BCUT2D eigenvalue weighted by molar-refractivity contribution is 5.80. The number of aryl methyl sites for hydroxylation is 1. The number of hydrogen-bond donors (Lipinski definition) is 2. The number of carboxylic acids is 1. The highest BCUT2D eigenvalue weighted by atomic mass is 16.6. The fraction of sp³-hybridized carbons (Fsp3) is 0.636. The van der Waals surface area contributed by atoms with E-state index in [9.17, 15) is 9.59 Å². The van der Waals surface area contributed by atoms with Crippen molar-refractivity contribution in [3.05, 3.63) is 11.7 Å². The first-order valence-electron chi connectivity index (χ1n) is 5.69. The second kappa shape index (κ2) is 5.68. The first-order valence-corrected chi connectivity index (χ1v) is 5.69. The SMILES string of the molecule is Cc1nc(CC(NC(=O)OC(C)(C)C)C(=O)O)no1. The second-order valence-corrected chi connectivity index (χ2v) is 4.97. The van der Waals surface area contributed by atoms with E-state index < -0.39 is 23.7 Å². The van der Waals surface area contributed by atoms with Crippen LogP contribution in [-0.4, -0.2) is 39.0 Å². The zero-order valence-corrected chi connectivity index (χ0v) is 11.3. The molecule has 0 aromatic carbocycles. The van der Waals surface area contributed by atoms with Gasteiger partial charge < -0.3 is 19.7 Å². The summed E-state index contributed by atoms with van der Waals surface area (Å²) in [4.78, 5) is 26.4. The number of rotatable bonds is 4. The third kappa shape index (κ3) is 5.36. The number of carbonyl (C=O) groups excluding carboxylic acids is 1. The minimum Gasteiger partial charge on any atom is -0.480 e. The van der Waals surface area contributed by atoms with Gasteiger partial charge in [0.2, 0.25) is 5.89 Å². The molecule has 0 fully saturated rings. The Hall–Kier alpha value is -2.12. The monoisotopic (exact) mass is 271 g/mol. The number of aromatic nitrogens is 2. The van der Waals surface area contributed by atoms with E-state index in [2.05, 4.69) is 15.5 Å². The predicted octanol–water partition coefficient (Wildman–Crippen LogP) is 0.898. The lowest BCUT2D eigenvalue weighted by molar-refractivity contribution is -0.139. The van der Waals surface area contributed by atoms with Crippen molar-refractivity contribution < 1.29 is 24.0 Å². The minimum atomic E-state index is -1.20. The molecule has 19 heavy (non-hydrogen) atoms. The van der Waals surface area contributed by atoms with Gasteiger partial charge >= 0.3 is 12.1 Å². The van der Waals surface area contributed by atoms with Gasteiger partial charge in [-0.2, -0.15) is 4.98 Å². The van der Waals surface area contributed by atoms with Crippen LogP contribution < -0.4 is 5.32 Å². The zero-order valence-electron chi connectivity index (χ0n) is 11.3. The molecule has 1 rings (SSSR count). The Balaban J connectivity index is 2.63. The lowest BCUT2D eigenvalue weighted by Crippen LogP contribution is -2.44. The van der Waals surface area contributed by atoms with E-state index >= 15 is 0 Å². The number of alkyl carbamates (subject to hydrolysis) is 1. The van der Waals surface area contributed by atoms with Crippen molar-refractivity contribution in [2.45, 2.75) is 45.8 Å². The topological polar surface area (TPSA) is 115 Å². The number of aliphatic carboxylic acids is 1. The summed E-state index contributed by atoms with van der Waals surface area (Å²) in [5.41, 5.74) is -0.699. The highest BCUT2D eigenvalue weighted by Crippen LogP contribution is 2.07. The molecule has 1 aromatic rings. The van der Waals surface area contributed by atoms with Crippen LogP contribution in [-0.2, 0) is 16.0 Å². The van der Waals surface area contributed by atoms with Gasteiger partial charge in [-0.1, -0.05) is 5.16 Å². The van der Waals surface area contributed by atoms with Crippen LogP contribution in [0.2, 0.25) is 0 Å². The maximum absolute atomic E-state index is 11.5. The molecule has 0 aliphatic carbocycles. The standard InChI is InChI=1S/C11H17N3O5/c1-6-12-8(14-19-6)5-7(9(15)16)13-10(17)18-11(2,3)4/h7H,5H2,1-4H3,(H,13,17)(H,15,16). The van der Waals surface area contributed by atoms with Gasteiger partial charge in [0.15, 0.2) is 5.82 Å². The van der Waals surface area contributed by atoms with Gasteiger partial charge in [0.05, 0.1) is 0 Å². The van der Waals surface area contributed by atoms with E-state index in [0.29, 0.717) is 5.89 Å². The summed E-state index contributed by atoms with van der Waals surface area (Å²) >= 11 is 0. The molecule has 1 unspecified atom stereocenters. The summed E-state index contributed by atoms with van der Waals surface area (Å²) in [7, 11) is 0. The van der Waals surface area contributed by atoms with Crippen molar-refractivity contribution in [2.75, 3.05) is 0 Å². The summed E-state index contributed by atoms with van der Waals surface area (Å²) in [5, 5.41) is 14.9. The van der Waals surface area contributed by atoms with Crippen LogP contribution in [0, 0.1) is 6.92 Å². The Morgan fingerprint density at radius 1 is 1.47 bits per heavy atom. The van der Waals surface area contributed by atoms with Crippen LogP contribution in [0.25, 0.3) is 0 Å². The zero-order chi connectivity index (χ0) is 14.6. The van der Waals surface area contributed by atoms with Crippen molar-refractivity contribution in [2.24, 2.45) is 0 Å². The Bertz CT molecular complexity index is 463. The van der Waals surface area contributed by atoms with E-state index in [0.717, 1.165) is 0 Å². The summed E-state index contributed by atoms with van der Waals surface area (Å²) in [6.45, 7) is 6.65. The van der Waals surface area contributed by atoms with Crippen molar-refractivity contribution in [3.8, 4) is 0 Å². The molecule has 1 aromatic heterocycles. The van der Waals surface area contributed by atoms with Crippen molar-refractivity contribution in [3.63, 3.8) is 0 Å². The molecule has 0 aliphatic heterocycles. The van der Waals surface area contributed by atoms with Crippen LogP contribution in [0.3, 0.4) is 0 Å². The first kappa shape index (κ1) is 14.9. The van der Waals surface area contributed by atoms with Crippen LogP contribution in [0.5, 0.6) is 0 Å². The van der Waals surface area contributed by atoms with Crippen LogP contribution >= 0.6 is 0 Å². The summed E-state index contributed by atoms with van der Waals surface area (Å²) in [5.74, 6) is -0.661. The number of nitrogens with one attached hydrogen (secondary N) is 1. The Morgan fingerprint density at radius 2 is 2.11 bits per heavy atom. The summed E-state index contributed by atoms with van der Waals surface area (Å²) in [6, 6.07) is -1.17. The van der Waals surface area contributed by atoms with Gasteiger partial charge in [0.1, 0.15) is 11.6 Å². The maximum atomic E-state index is 11.5. The van der Waals surface area contributed by atoms with Crippen LogP contribution in [0.4, 0.5) is 4.79 Å². The Labute approximate surface area is 110 Å². The molecule has 0 aliphatic rings. The van der Waals surface area contributed by atoms with Gasteiger partial charge in [0.25, 0.3) is 0 Å². The third-order valence-electron chi connectivity index (χ3n) is 1.95. The number of carbonyl (C=O) groups is 2. The average molecular weight is 271 g/mol. The van der Waals surface area contributed by atoms with E-state index in [1.165, 1.54) is 0 Å². The molecular weight excluding hydrogens is 254 g/mol. The molecule has 1 heterocycles. The quantitative estimate of drug-likeness (QED) is 0.835. The summed E-state index contributed by atoms with van der Waals surface area (Å²) in [6.07, 6.45) is -0.883. The van der Waals surface area contributed by atoms with Gasteiger partial charge in [-0.15, -0.1) is 0 Å². The van der Waals surface area contributed by atoms with Crippen LogP contribution in [0.15, 0.2) is 4.52 Å². The molecule has 106 valence electrons. The van der Waals surface area contributed by atoms with Gasteiger partial charge in [-0.3, -0.25) is 0 Å². The molecule has 0 spiro atoms. The fourth-order valence-electron chi connectivity index (χ4n) is 1.26. The normalized spacial score (nSPS) is 12.8.